The number of nitrogens with zero attached hydrogens (tertiary/aromatic N) is 1. The van der Waals surface area contributed by atoms with Gasteiger partial charge in [-0.3, -0.25) is 0 Å². The summed E-state index contributed by atoms with van der Waals surface area (Å²) in [4.78, 5) is 12.4. The quantitative estimate of drug-likeness (QED) is 0.719. The van der Waals surface area contributed by atoms with E-state index in [0.29, 0.717) is 0 Å². The number of hydrogen-bond acceptors (Lipinski definition) is 4. The lowest BCUT2D eigenvalue weighted by Crippen LogP contribution is -2.53. The Balaban J connectivity index is 1.83. The van der Waals surface area contributed by atoms with Gasteiger partial charge in [-0.05, 0) is 18.6 Å². The maximum atomic E-state index is 14.5. The highest BCUT2D eigenvalue weighted by Gasteiger charge is 2.40. The predicted octanol–water partition coefficient (Wildman–Crippen LogP) is 3.59. The molecule has 0 radical (unpaired) electrons. The summed E-state index contributed by atoms with van der Waals surface area (Å²) in [7, 11) is -3.34. The largest absolute Gasteiger partial charge is 0.445 e. The topological polar surface area (TPSA) is 79.8 Å². The Morgan fingerprint density at radius 1 is 1.23 bits per heavy atom. The number of amides is 1. The monoisotopic (exact) mass is 441 g/mol. The molecule has 0 bridgehead atoms. The highest BCUT2D eigenvalue weighted by molar-refractivity contribution is 7.91. The number of carbonyl (C=O) groups excluding carboxylic acids is 1. The summed E-state index contributed by atoms with van der Waals surface area (Å²) in [6.07, 6.45) is -0.867. The van der Waals surface area contributed by atoms with Gasteiger partial charge in [0.05, 0.1) is 17.8 Å². The number of halogens is 3. The van der Waals surface area contributed by atoms with E-state index in [1.54, 1.807) is 30.3 Å². The molecule has 0 aliphatic carbocycles. The third-order valence-corrected chi connectivity index (χ3v) is 6.71. The smallest absolute Gasteiger partial charge is 0.408 e. The Bertz CT molecular complexity index is 1030. The van der Waals surface area contributed by atoms with Crippen LogP contribution in [0.25, 0.3) is 0 Å². The normalized spacial score (nSPS) is 22.4. The molecule has 3 rings (SSSR count). The van der Waals surface area contributed by atoms with Gasteiger partial charge in [0.1, 0.15) is 28.9 Å². The SMILES string of the molecule is C[C@@](CS1(=O)=NCC(F)(F)CN1)(NC(=O)OCc1ccccc1)c1ccccc1F. The third-order valence-electron chi connectivity index (χ3n) is 4.60. The Labute approximate surface area is 173 Å². The third kappa shape index (κ3) is 5.51. The van der Waals surface area contributed by atoms with Crippen molar-refractivity contribution in [3.63, 3.8) is 0 Å². The van der Waals surface area contributed by atoms with E-state index in [4.69, 9.17) is 4.74 Å². The molecule has 2 atom stereocenters. The van der Waals surface area contributed by atoms with Gasteiger partial charge in [0, 0.05) is 5.56 Å². The molecule has 1 aliphatic rings. The van der Waals surface area contributed by atoms with Crippen molar-refractivity contribution in [1.29, 1.82) is 0 Å². The highest BCUT2D eigenvalue weighted by Crippen LogP contribution is 2.28. The van der Waals surface area contributed by atoms with E-state index in [1.165, 1.54) is 25.1 Å². The number of ether oxygens (including phenoxy) is 1. The van der Waals surface area contributed by atoms with Gasteiger partial charge in [-0.25, -0.2) is 31.3 Å². The minimum atomic E-state index is -3.34. The van der Waals surface area contributed by atoms with Crippen LogP contribution >= 0.6 is 0 Å². The average molecular weight is 441 g/mol. The molecule has 1 unspecified atom stereocenters. The molecule has 0 spiro atoms. The Kier molecular flexibility index (Phi) is 6.37. The fourth-order valence-electron chi connectivity index (χ4n) is 3.08. The first kappa shape index (κ1) is 22.1. The summed E-state index contributed by atoms with van der Waals surface area (Å²) >= 11 is 0. The van der Waals surface area contributed by atoms with Gasteiger partial charge >= 0.3 is 6.09 Å². The van der Waals surface area contributed by atoms with Gasteiger partial charge in [0.2, 0.25) is 0 Å². The Morgan fingerprint density at radius 3 is 2.53 bits per heavy atom. The fraction of sp³-hybridized carbons (Fsp3) is 0.350. The molecule has 162 valence electrons. The first-order chi connectivity index (χ1) is 14.1. The lowest BCUT2D eigenvalue weighted by atomic mass is 9.94. The van der Waals surface area contributed by atoms with Gasteiger partial charge in [0.25, 0.3) is 5.92 Å². The second kappa shape index (κ2) is 8.65. The van der Waals surface area contributed by atoms with Crippen LogP contribution in [0.5, 0.6) is 0 Å². The van der Waals surface area contributed by atoms with E-state index in [9.17, 15) is 22.2 Å². The standard InChI is InChI=1S/C20H22F3N3O3S/c1-19(16-9-5-6-10-17(16)21,14-30(28)24-12-20(22,23)13-25-30)26-18(27)29-11-15-7-3-2-4-8-15/h2-10H,11-14H2,1H3,(H,26,27)(H,24,25,28)/t19-/m0/s1. The number of rotatable bonds is 6. The van der Waals surface area contributed by atoms with E-state index in [0.717, 1.165) is 5.56 Å². The van der Waals surface area contributed by atoms with Crippen LogP contribution in [0, 0.1) is 5.82 Å². The molecule has 0 aromatic heterocycles. The lowest BCUT2D eigenvalue weighted by molar-refractivity contribution is 0.0150. The van der Waals surface area contributed by atoms with E-state index >= 15 is 0 Å². The average Bonchev–Trinajstić information content (AvgIpc) is 2.70. The van der Waals surface area contributed by atoms with E-state index in [1.807, 2.05) is 6.07 Å². The summed E-state index contributed by atoms with van der Waals surface area (Å²) in [5, 5.41) is 2.55. The Morgan fingerprint density at radius 2 is 1.90 bits per heavy atom. The zero-order valence-electron chi connectivity index (χ0n) is 16.2. The summed E-state index contributed by atoms with van der Waals surface area (Å²) in [5.74, 6) is -4.18. The van der Waals surface area contributed by atoms with Crippen molar-refractivity contribution in [2.24, 2.45) is 4.36 Å². The van der Waals surface area contributed by atoms with E-state index < -0.39 is 52.1 Å². The highest BCUT2D eigenvalue weighted by atomic mass is 32.2. The number of hydrogen-bond donors (Lipinski definition) is 2. The molecule has 1 aliphatic heterocycles. The molecule has 1 heterocycles. The van der Waals surface area contributed by atoms with Crippen LogP contribution in [0.15, 0.2) is 59.0 Å². The molecule has 2 N–H and O–H groups in total. The second-order valence-electron chi connectivity index (χ2n) is 7.25. The van der Waals surface area contributed by atoms with Crippen molar-refractivity contribution in [2.75, 3.05) is 18.8 Å². The minimum Gasteiger partial charge on any atom is -0.445 e. The van der Waals surface area contributed by atoms with Crippen molar-refractivity contribution in [2.45, 2.75) is 25.0 Å². The number of alkyl halides is 2. The fourth-order valence-corrected chi connectivity index (χ4v) is 5.21. The van der Waals surface area contributed by atoms with Crippen LogP contribution in [0.4, 0.5) is 18.0 Å². The molecular formula is C20H22F3N3O3S. The zero-order chi connectivity index (χ0) is 21.8. The summed E-state index contributed by atoms with van der Waals surface area (Å²) in [5.41, 5.74) is -0.740. The summed E-state index contributed by atoms with van der Waals surface area (Å²) in [6.45, 7) is -0.304. The van der Waals surface area contributed by atoms with Gasteiger partial charge in [-0.15, -0.1) is 0 Å². The first-order valence-corrected chi connectivity index (χ1v) is 10.9. The molecule has 2 aromatic rings. The van der Waals surface area contributed by atoms with Crippen LogP contribution in [0.1, 0.15) is 18.1 Å². The van der Waals surface area contributed by atoms with Gasteiger partial charge in [0.15, 0.2) is 0 Å². The van der Waals surface area contributed by atoms with Crippen LogP contribution in [0.3, 0.4) is 0 Å². The molecule has 1 amide bonds. The molecule has 0 saturated heterocycles. The van der Waals surface area contributed by atoms with Crippen molar-refractivity contribution in [3.8, 4) is 0 Å². The van der Waals surface area contributed by atoms with Crippen molar-refractivity contribution in [3.05, 3.63) is 71.5 Å². The minimum absolute atomic E-state index is 0.0236. The van der Waals surface area contributed by atoms with E-state index in [2.05, 4.69) is 14.4 Å². The lowest BCUT2D eigenvalue weighted by Gasteiger charge is -2.34. The van der Waals surface area contributed by atoms with Gasteiger partial charge in [-0.1, -0.05) is 48.5 Å². The zero-order valence-corrected chi connectivity index (χ0v) is 17.1. The number of alkyl carbamates (subject to hydrolysis) is 1. The van der Waals surface area contributed by atoms with Crippen molar-refractivity contribution < 1.29 is 26.9 Å². The van der Waals surface area contributed by atoms with Gasteiger partial charge in [-0.2, -0.15) is 0 Å². The molecule has 2 aromatic carbocycles. The predicted molar refractivity (Wildman–Crippen MR) is 107 cm³/mol. The molecule has 30 heavy (non-hydrogen) atoms. The number of nitrogens with one attached hydrogen (secondary N) is 2. The molecule has 0 saturated carbocycles. The van der Waals surface area contributed by atoms with Crippen LogP contribution in [-0.4, -0.2) is 35.1 Å². The molecular weight excluding hydrogens is 419 g/mol. The number of benzene rings is 2. The maximum absolute atomic E-state index is 14.5. The maximum Gasteiger partial charge on any atom is 0.408 e. The van der Waals surface area contributed by atoms with Crippen molar-refractivity contribution in [1.82, 2.24) is 10.0 Å². The number of carbonyl (C=O) groups is 1. The van der Waals surface area contributed by atoms with Crippen LogP contribution in [-0.2, 0) is 26.8 Å². The molecule has 6 nitrogen and oxygen atoms in total. The van der Waals surface area contributed by atoms with Gasteiger partial charge < -0.3 is 10.1 Å². The Hall–Kier alpha value is -2.59. The van der Waals surface area contributed by atoms with Crippen LogP contribution < -0.4 is 10.0 Å². The van der Waals surface area contributed by atoms with Crippen molar-refractivity contribution >= 4 is 16.0 Å². The summed E-state index contributed by atoms with van der Waals surface area (Å²) in [6, 6.07) is 14.6. The van der Waals surface area contributed by atoms with Crippen LogP contribution in [0.2, 0.25) is 0 Å². The molecule has 10 heteroatoms. The van der Waals surface area contributed by atoms with E-state index in [-0.39, 0.29) is 12.2 Å². The molecule has 0 fully saturated rings. The summed E-state index contributed by atoms with van der Waals surface area (Å²) < 4.78 is 65.4. The first-order valence-electron chi connectivity index (χ1n) is 9.18. The second-order valence-corrected chi connectivity index (χ2v) is 9.36.